The number of aryl methyl sites for hydroxylation is 1. The van der Waals surface area contributed by atoms with E-state index in [9.17, 15) is 4.39 Å². The van der Waals surface area contributed by atoms with Gasteiger partial charge >= 0.3 is 0 Å². The summed E-state index contributed by atoms with van der Waals surface area (Å²) in [6.07, 6.45) is 0.961. The van der Waals surface area contributed by atoms with Crippen molar-refractivity contribution in [3.63, 3.8) is 0 Å². The van der Waals surface area contributed by atoms with E-state index in [-0.39, 0.29) is 11.7 Å². The summed E-state index contributed by atoms with van der Waals surface area (Å²) in [5.74, 6) is 0.257. The minimum absolute atomic E-state index is 0.0136. The van der Waals surface area contributed by atoms with Crippen molar-refractivity contribution in [3.05, 3.63) is 34.5 Å². The fraction of sp³-hybridized carbons (Fsp3) is 0.385. The van der Waals surface area contributed by atoms with Crippen molar-refractivity contribution in [3.8, 4) is 0 Å². The molecule has 0 spiro atoms. The Morgan fingerprint density at radius 2 is 2.07 bits per heavy atom. The summed E-state index contributed by atoms with van der Waals surface area (Å²) < 4.78 is 15.1. The van der Waals surface area contributed by atoms with Crippen LogP contribution in [0.4, 0.5) is 4.39 Å². The van der Waals surface area contributed by atoms with E-state index in [1.807, 2.05) is 26.0 Å². The Labute approximate surface area is 93.7 Å². The molecule has 0 nitrogen and oxygen atoms in total. The highest BCUT2D eigenvalue weighted by Crippen LogP contribution is 2.35. The minimum Gasteiger partial charge on any atom is -0.205 e. The highest BCUT2D eigenvalue weighted by atomic mass is 32.1. The Morgan fingerprint density at radius 3 is 2.67 bits per heavy atom. The van der Waals surface area contributed by atoms with Gasteiger partial charge in [-0.3, -0.25) is 0 Å². The molecule has 0 bridgehead atoms. The Bertz CT molecular complexity index is 482. The fourth-order valence-electron chi connectivity index (χ4n) is 1.72. The molecule has 80 valence electrons. The molecule has 0 aliphatic carbocycles. The average Bonchev–Trinajstić information content (AvgIpc) is 2.56. The van der Waals surface area contributed by atoms with Crippen molar-refractivity contribution in [1.82, 2.24) is 0 Å². The van der Waals surface area contributed by atoms with Crippen LogP contribution in [-0.4, -0.2) is 0 Å². The number of hydrogen-bond acceptors (Lipinski definition) is 1. The zero-order valence-electron chi connectivity index (χ0n) is 9.30. The van der Waals surface area contributed by atoms with Gasteiger partial charge in [-0.25, -0.2) is 4.39 Å². The lowest BCUT2D eigenvalue weighted by Gasteiger charge is -1.99. The standard InChI is InChI=1S/C13H15FS/c1-4-9-5-6-11-10(7-9)12(14)13(15-11)8(2)3/h5-8H,4H2,1-3H3. The molecule has 1 aromatic heterocycles. The first kappa shape index (κ1) is 10.6. The zero-order chi connectivity index (χ0) is 11.0. The van der Waals surface area contributed by atoms with Crippen molar-refractivity contribution in [1.29, 1.82) is 0 Å². The third kappa shape index (κ3) is 1.78. The van der Waals surface area contributed by atoms with Gasteiger partial charge in [0.25, 0.3) is 0 Å². The number of thiophene rings is 1. The fourth-order valence-corrected chi connectivity index (χ4v) is 2.79. The third-order valence-corrected chi connectivity index (χ3v) is 4.10. The van der Waals surface area contributed by atoms with Gasteiger partial charge in [-0.05, 0) is 30.0 Å². The normalized spacial score (nSPS) is 11.5. The van der Waals surface area contributed by atoms with Gasteiger partial charge < -0.3 is 0 Å². The second-order valence-corrected chi connectivity index (χ2v) is 5.20. The molecule has 0 aliphatic heterocycles. The molecule has 1 aromatic carbocycles. The molecule has 0 atom stereocenters. The quantitative estimate of drug-likeness (QED) is 0.689. The maximum absolute atomic E-state index is 14.0. The lowest BCUT2D eigenvalue weighted by atomic mass is 10.1. The molecule has 2 rings (SSSR count). The smallest absolute Gasteiger partial charge is 0.145 e. The lowest BCUT2D eigenvalue weighted by molar-refractivity contribution is 0.619. The summed E-state index contributed by atoms with van der Waals surface area (Å²) in [5, 5.41) is 0.794. The Hall–Kier alpha value is -0.890. The number of hydrogen-bond donors (Lipinski definition) is 0. The van der Waals surface area contributed by atoms with Crippen LogP contribution in [0.1, 0.15) is 37.1 Å². The van der Waals surface area contributed by atoms with Gasteiger partial charge in [0, 0.05) is 15.0 Å². The van der Waals surface area contributed by atoms with E-state index in [2.05, 4.69) is 13.0 Å². The van der Waals surface area contributed by atoms with Crippen molar-refractivity contribution < 1.29 is 4.39 Å². The van der Waals surface area contributed by atoms with Gasteiger partial charge in [0.1, 0.15) is 5.82 Å². The molecule has 15 heavy (non-hydrogen) atoms. The van der Waals surface area contributed by atoms with E-state index < -0.39 is 0 Å². The predicted molar refractivity (Wildman–Crippen MR) is 65.3 cm³/mol. The summed E-state index contributed by atoms with van der Waals surface area (Å²) >= 11 is 1.58. The molecule has 2 heteroatoms. The zero-order valence-corrected chi connectivity index (χ0v) is 10.1. The van der Waals surface area contributed by atoms with Crippen molar-refractivity contribution in [2.75, 3.05) is 0 Å². The van der Waals surface area contributed by atoms with E-state index in [0.717, 1.165) is 21.4 Å². The van der Waals surface area contributed by atoms with Crippen LogP contribution in [0.3, 0.4) is 0 Å². The van der Waals surface area contributed by atoms with Crippen LogP contribution in [0.25, 0.3) is 10.1 Å². The first-order valence-electron chi connectivity index (χ1n) is 5.34. The van der Waals surface area contributed by atoms with E-state index in [0.29, 0.717) is 0 Å². The molecular formula is C13H15FS. The predicted octanol–water partition coefficient (Wildman–Crippen LogP) is 4.73. The van der Waals surface area contributed by atoms with Gasteiger partial charge in [-0.15, -0.1) is 11.3 Å². The maximum Gasteiger partial charge on any atom is 0.145 e. The van der Waals surface area contributed by atoms with Crippen LogP contribution < -0.4 is 0 Å². The molecule has 1 heterocycles. The molecular weight excluding hydrogens is 207 g/mol. The number of rotatable bonds is 2. The van der Waals surface area contributed by atoms with Crippen LogP contribution in [0.15, 0.2) is 18.2 Å². The molecule has 2 aromatic rings. The summed E-state index contributed by atoms with van der Waals surface area (Å²) in [6.45, 7) is 6.16. The summed E-state index contributed by atoms with van der Waals surface area (Å²) in [7, 11) is 0. The molecule has 0 aliphatic rings. The van der Waals surface area contributed by atoms with Crippen LogP contribution in [0.5, 0.6) is 0 Å². The molecule has 0 radical (unpaired) electrons. The number of benzene rings is 1. The van der Waals surface area contributed by atoms with Crippen LogP contribution in [-0.2, 0) is 6.42 Å². The molecule has 0 fully saturated rings. The van der Waals surface area contributed by atoms with Crippen molar-refractivity contribution >= 4 is 21.4 Å². The van der Waals surface area contributed by atoms with Gasteiger partial charge in [-0.2, -0.15) is 0 Å². The van der Waals surface area contributed by atoms with Crippen molar-refractivity contribution in [2.24, 2.45) is 0 Å². The SMILES string of the molecule is CCc1ccc2sc(C(C)C)c(F)c2c1. The van der Waals surface area contributed by atoms with Gasteiger partial charge in [0.2, 0.25) is 0 Å². The highest BCUT2D eigenvalue weighted by molar-refractivity contribution is 7.19. The molecule has 0 saturated heterocycles. The second-order valence-electron chi connectivity index (χ2n) is 4.12. The van der Waals surface area contributed by atoms with Crippen LogP contribution in [0.2, 0.25) is 0 Å². The largest absolute Gasteiger partial charge is 0.205 e. The summed E-state index contributed by atoms with van der Waals surface area (Å²) in [4.78, 5) is 0.873. The minimum atomic E-state index is -0.0136. The molecule has 0 unspecified atom stereocenters. The number of fused-ring (bicyclic) bond motifs is 1. The summed E-state index contributed by atoms with van der Waals surface area (Å²) in [5.41, 5.74) is 1.20. The van der Waals surface area contributed by atoms with E-state index >= 15 is 0 Å². The monoisotopic (exact) mass is 222 g/mol. The second kappa shape index (κ2) is 3.93. The van der Waals surface area contributed by atoms with Gasteiger partial charge in [0.05, 0.1) is 0 Å². The van der Waals surface area contributed by atoms with E-state index in [1.165, 1.54) is 5.56 Å². The van der Waals surface area contributed by atoms with Gasteiger partial charge in [-0.1, -0.05) is 26.8 Å². The Kier molecular flexibility index (Phi) is 2.79. The topological polar surface area (TPSA) is 0 Å². The summed E-state index contributed by atoms with van der Waals surface area (Å²) in [6, 6.07) is 6.10. The Balaban J connectivity index is 2.66. The third-order valence-electron chi connectivity index (χ3n) is 2.65. The average molecular weight is 222 g/mol. The van der Waals surface area contributed by atoms with Crippen LogP contribution >= 0.6 is 11.3 Å². The number of halogens is 1. The maximum atomic E-state index is 14.0. The highest BCUT2D eigenvalue weighted by Gasteiger charge is 2.14. The lowest BCUT2D eigenvalue weighted by Crippen LogP contribution is -1.85. The molecule has 0 N–H and O–H groups in total. The first-order chi connectivity index (χ1) is 7.13. The van der Waals surface area contributed by atoms with Crippen molar-refractivity contribution in [2.45, 2.75) is 33.1 Å². The Morgan fingerprint density at radius 1 is 1.33 bits per heavy atom. The van der Waals surface area contributed by atoms with Crippen LogP contribution in [0, 0.1) is 5.82 Å². The molecule has 0 saturated carbocycles. The van der Waals surface area contributed by atoms with E-state index in [1.54, 1.807) is 11.3 Å². The molecule has 0 amide bonds. The van der Waals surface area contributed by atoms with Gasteiger partial charge in [0.15, 0.2) is 0 Å². The van der Waals surface area contributed by atoms with E-state index in [4.69, 9.17) is 0 Å². The first-order valence-corrected chi connectivity index (χ1v) is 6.16.